The largest absolute Gasteiger partial charge is 0.354 e. The highest BCUT2D eigenvalue weighted by Crippen LogP contribution is 2.39. The molecule has 3 aromatic carbocycles. The number of hydrogen-bond donors (Lipinski definition) is 1. The molecular weight excluding hydrogens is 522 g/mol. The zero-order chi connectivity index (χ0) is 29.0. The number of nitro groups is 1. The molecule has 2 saturated heterocycles. The maximum Gasteiger partial charge on any atom is 0.273 e. The molecule has 0 unspecified atom stereocenters. The molecule has 2 fully saturated rings. The van der Waals surface area contributed by atoms with Gasteiger partial charge in [0, 0.05) is 42.5 Å². The van der Waals surface area contributed by atoms with Crippen molar-refractivity contribution in [2.24, 2.45) is 0 Å². The highest BCUT2D eigenvalue weighted by molar-refractivity contribution is 5.98. The summed E-state index contributed by atoms with van der Waals surface area (Å²) in [5, 5.41) is 14.3. The predicted octanol–water partition coefficient (Wildman–Crippen LogP) is 3.54. The van der Waals surface area contributed by atoms with Crippen molar-refractivity contribution in [2.75, 3.05) is 37.7 Å². The molecule has 212 valence electrons. The van der Waals surface area contributed by atoms with E-state index in [2.05, 4.69) is 5.32 Å². The van der Waals surface area contributed by atoms with Crippen LogP contribution in [0.15, 0.2) is 78.9 Å². The second kappa shape index (κ2) is 11.8. The number of nitrogens with zero attached hydrogens (tertiary/aromatic N) is 4. The van der Waals surface area contributed by atoms with E-state index in [0.29, 0.717) is 44.5 Å². The van der Waals surface area contributed by atoms with Crippen molar-refractivity contribution in [2.45, 2.75) is 31.7 Å². The van der Waals surface area contributed by atoms with E-state index in [-0.39, 0.29) is 42.2 Å². The molecule has 2 aliphatic rings. The third-order valence-electron chi connectivity index (χ3n) is 8.03. The first-order valence-electron chi connectivity index (χ1n) is 13.8. The molecule has 0 saturated carbocycles. The number of carbonyl (C=O) groups is 3. The van der Waals surface area contributed by atoms with Gasteiger partial charge >= 0.3 is 0 Å². The fourth-order valence-corrected chi connectivity index (χ4v) is 5.74. The summed E-state index contributed by atoms with van der Waals surface area (Å²) >= 11 is 0. The van der Waals surface area contributed by atoms with E-state index in [1.807, 2.05) is 65.6 Å². The van der Waals surface area contributed by atoms with Gasteiger partial charge in [-0.3, -0.25) is 24.5 Å². The van der Waals surface area contributed by atoms with Crippen LogP contribution in [0.5, 0.6) is 0 Å². The standard InChI is InChI=1S/C31H33N5O5/c1-23-12-13-25(20-27(23)36(40)41)29(38)33-18-15-31(16-19-33)30(39)34(22-35(31)26-10-6-3-7-11-26)21-28(37)32-17-14-24-8-4-2-5-9-24/h2-13,20H,14-19,21-22H2,1H3,(H,32,37). The van der Waals surface area contributed by atoms with Crippen LogP contribution in [-0.2, 0) is 16.0 Å². The molecule has 2 aliphatic heterocycles. The number of amides is 3. The van der Waals surface area contributed by atoms with Crippen LogP contribution in [0.1, 0.15) is 34.3 Å². The lowest BCUT2D eigenvalue weighted by molar-refractivity contribution is -0.385. The number of aryl methyl sites for hydroxylation is 1. The van der Waals surface area contributed by atoms with Crippen molar-refractivity contribution < 1.29 is 19.3 Å². The zero-order valence-electron chi connectivity index (χ0n) is 23.0. The van der Waals surface area contributed by atoms with E-state index < -0.39 is 10.5 Å². The molecule has 0 aromatic heterocycles. The first-order chi connectivity index (χ1) is 19.8. The molecule has 3 amide bonds. The fourth-order valence-electron chi connectivity index (χ4n) is 5.74. The molecule has 0 bridgehead atoms. The number of para-hydroxylation sites is 1. The molecule has 0 aliphatic carbocycles. The van der Waals surface area contributed by atoms with Gasteiger partial charge in [-0.15, -0.1) is 0 Å². The Morgan fingerprint density at radius 2 is 1.63 bits per heavy atom. The normalized spacial score (nSPS) is 16.2. The number of carbonyl (C=O) groups excluding carboxylic acids is 3. The Morgan fingerprint density at radius 1 is 0.976 bits per heavy atom. The molecular formula is C31H33N5O5. The number of rotatable bonds is 8. The Balaban J connectivity index is 1.28. The van der Waals surface area contributed by atoms with E-state index in [1.54, 1.807) is 28.9 Å². The summed E-state index contributed by atoms with van der Waals surface area (Å²) in [6, 6.07) is 24.0. The van der Waals surface area contributed by atoms with E-state index in [4.69, 9.17) is 0 Å². The summed E-state index contributed by atoms with van der Waals surface area (Å²) in [5.74, 6) is -0.639. The average molecular weight is 556 g/mol. The quantitative estimate of drug-likeness (QED) is 0.336. The first kappa shape index (κ1) is 27.8. The molecule has 0 atom stereocenters. The molecule has 5 rings (SSSR count). The van der Waals surface area contributed by atoms with Crippen LogP contribution < -0.4 is 10.2 Å². The minimum absolute atomic E-state index is 0.0472. The van der Waals surface area contributed by atoms with E-state index in [9.17, 15) is 24.5 Å². The van der Waals surface area contributed by atoms with Crippen LogP contribution in [0.3, 0.4) is 0 Å². The second-order valence-corrected chi connectivity index (χ2v) is 10.6. The zero-order valence-corrected chi connectivity index (χ0v) is 23.0. The van der Waals surface area contributed by atoms with Crippen LogP contribution in [0, 0.1) is 17.0 Å². The molecule has 2 heterocycles. The van der Waals surface area contributed by atoms with E-state index in [0.717, 1.165) is 11.3 Å². The van der Waals surface area contributed by atoms with Crippen LogP contribution in [0.4, 0.5) is 11.4 Å². The van der Waals surface area contributed by atoms with Gasteiger partial charge in [0.25, 0.3) is 17.5 Å². The third-order valence-corrected chi connectivity index (χ3v) is 8.03. The second-order valence-electron chi connectivity index (χ2n) is 10.6. The number of benzene rings is 3. The molecule has 0 radical (unpaired) electrons. The Bertz CT molecular complexity index is 1440. The van der Waals surface area contributed by atoms with E-state index in [1.165, 1.54) is 6.07 Å². The number of anilines is 1. The van der Waals surface area contributed by atoms with Gasteiger partial charge in [-0.1, -0.05) is 54.6 Å². The molecule has 1 spiro atoms. The smallest absolute Gasteiger partial charge is 0.273 e. The topological polar surface area (TPSA) is 116 Å². The highest BCUT2D eigenvalue weighted by atomic mass is 16.6. The lowest BCUT2D eigenvalue weighted by atomic mass is 9.85. The maximum atomic E-state index is 13.9. The van der Waals surface area contributed by atoms with Crippen molar-refractivity contribution in [3.63, 3.8) is 0 Å². The molecule has 10 heteroatoms. The van der Waals surface area contributed by atoms with Crippen molar-refractivity contribution in [1.82, 2.24) is 15.1 Å². The van der Waals surface area contributed by atoms with Gasteiger partial charge in [0.2, 0.25) is 5.91 Å². The summed E-state index contributed by atoms with van der Waals surface area (Å²) in [6.07, 6.45) is 1.47. The lowest BCUT2D eigenvalue weighted by Gasteiger charge is -2.43. The minimum Gasteiger partial charge on any atom is -0.354 e. The third kappa shape index (κ3) is 5.77. The number of nitrogens with one attached hydrogen (secondary N) is 1. The summed E-state index contributed by atoms with van der Waals surface area (Å²) in [4.78, 5) is 56.2. The molecule has 1 N–H and O–H groups in total. The summed E-state index contributed by atoms with van der Waals surface area (Å²) in [7, 11) is 0. The maximum absolute atomic E-state index is 13.9. The van der Waals surface area contributed by atoms with Gasteiger partial charge in [0.1, 0.15) is 12.1 Å². The monoisotopic (exact) mass is 555 g/mol. The molecule has 41 heavy (non-hydrogen) atoms. The van der Waals surface area contributed by atoms with Crippen molar-refractivity contribution in [3.8, 4) is 0 Å². The predicted molar refractivity (Wildman–Crippen MR) is 154 cm³/mol. The van der Waals surface area contributed by atoms with Gasteiger partial charge in [0.05, 0.1) is 11.6 Å². The fraction of sp³-hybridized carbons (Fsp3) is 0.323. The van der Waals surface area contributed by atoms with Crippen LogP contribution >= 0.6 is 0 Å². The summed E-state index contributed by atoms with van der Waals surface area (Å²) in [6.45, 7) is 2.96. The molecule has 3 aromatic rings. The van der Waals surface area contributed by atoms with Crippen molar-refractivity contribution in [1.29, 1.82) is 0 Å². The van der Waals surface area contributed by atoms with Crippen molar-refractivity contribution >= 4 is 29.1 Å². The van der Waals surface area contributed by atoms with Gasteiger partial charge in [-0.2, -0.15) is 0 Å². The Labute approximate surface area is 238 Å². The van der Waals surface area contributed by atoms with Crippen LogP contribution in [0.25, 0.3) is 0 Å². The average Bonchev–Trinajstić information content (AvgIpc) is 3.24. The van der Waals surface area contributed by atoms with E-state index >= 15 is 0 Å². The van der Waals surface area contributed by atoms with Gasteiger partial charge < -0.3 is 20.0 Å². The first-order valence-corrected chi connectivity index (χ1v) is 13.8. The molecule has 10 nitrogen and oxygen atoms in total. The number of hydrogen-bond acceptors (Lipinski definition) is 6. The van der Waals surface area contributed by atoms with Crippen LogP contribution in [0.2, 0.25) is 0 Å². The summed E-state index contributed by atoms with van der Waals surface area (Å²) in [5.41, 5.74) is 1.76. The Hall–Kier alpha value is -4.73. The minimum atomic E-state index is -0.887. The van der Waals surface area contributed by atoms with Gasteiger partial charge in [-0.05, 0) is 49.9 Å². The number of nitro benzene ring substituents is 1. The Morgan fingerprint density at radius 3 is 2.29 bits per heavy atom. The number of piperidine rings is 1. The number of likely N-dealkylation sites (tertiary alicyclic amines) is 1. The van der Waals surface area contributed by atoms with Crippen LogP contribution in [-0.4, -0.2) is 70.8 Å². The van der Waals surface area contributed by atoms with Crippen molar-refractivity contribution in [3.05, 3.63) is 106 Å². The highest BCUT2D eigenvalue weighted by Gasteiger charge is 2.54. The van der Waals surface area contributed by atoms with Gasteiger partial charge in [-0.25, -0.2) is 0 Å². The Kier molecular flexibility index (Phi) is 8.00. The lowest BCUT2D eigenvalue weighted by Crippen LogP contribution is -2.57. The van der Waals surface area contributed by atoms with Gasteiger partial charge in [0.15, 0.2) is 0 Å². The SMILES string of the molecule is Cc1ccc(C(=O)N2CCC3(CC2)C(=O)N(CC(=O)NCCc2ccccc2)CN3c2ccccc2)cc1[N+](=O)[O-]. The summed E-state index contributed by atoms with van der Waals surface area (Å²) < 4.78 is 0.